The highest BCUT2D eigenvalue weighted by molar-refractivity contribution is 7.89. The third-order valence-electron chi connectivity index (χ3n) is 5.07. The molecule has 3 rings (SSSR count). The zero-order valence-electron chi connectivity index (χ0n) is 17.5. The van der Waals surface area contributed by atoms with Gasteiger partial charge in [0.15, 0.2) is 0 Å². The van der Waals surface area contributed by atoms with Crippen LogP contribution in [0.4, 0.5) is 0 Å². The lowest BCUT2D eigenvalue weighted by molar-refractivity contribution is 0.271. The lowest BCUT2D eigenvalue weighted by Crippen LogP contribution is -2.50. The van der Waals surface area contributed by atoms with E-state index in [2.05, 4.69) is 0 Å². The number of rotatable bonds is 6. The Kier molecular flexibility index (Phi) is 6.42. The van der Waals surface area contributed by atoms with Crippen molar-refractivity contribution in [2.24, 2.45) is 0 Å². The summed E-state index contributed by atoms with van der Waals surface area (Å²) in [4.78, 5) is 0.152. The number of sulfonamides is 2. The molecule has 164 valence electrons. The number of nitrogens with zero attached hydrogens (tertiary/aromatic N) is 2. The van der Waals surface area contributed by atoms with Crippen molar-refractivity contribution in [3.05, 3.63) is 47.5 Å². The molecule has 1 saturated heterocycles. The Morgan fingerprint density at radius 2 is 1.00 bits per heavy atom. The first-order valence-corrected chi connectivity index (χ1v) is 12.3. The molecule has 0 N–H and O–H groups in total. The molecule has 2 aromatic carbocycles. The summed E-state index contributed by atoms with van der Waals surface area (Å²) in [6, 6.07) is 9.78. The first-order valence-electron chi connectivity index (χ1n) is 9.41. The van der Waals surface area contributed by atoms with E-state index in [-0.39, 0.29) is 47.5 Å². The highest BCUT2D eigenvalue weighted by Crippen LogP contribution is 2.31. The summed E-state index contributed by atoms with van der Waals surface area (Å²) >= 11 is 0. The molecule has 0 aromatic heterocycles. The molecule has 0 radical (unpaired) electrons. The van der Waals surface area contributed by atoms with Crippen LogP contribution in [0.5, 0.6) is 11.5 Å². The Balaban J connectivity index is 1.82. The molecule has 1 aliphatic rings. The SMILES string of the molecule is COc1cc(C)ccc1S(=O)(=O)N1CCN(S(=O)(=O)c2ccc(C)cc2OC)CC1. The number of methoxy groups -OCH3 is 2. The van der Waals surface area contributed by atoms with Crippen molar-refractivity contribution in [1.82, 2.24) is 8.61 Å². The van der Waals surface area contributed by atoms with Crippen molar-refractivity contribution >= 4 is 20.0 Å². The van der Waals surface area contributed by atoms with Gasteiger partial charge in [-0.1, -0.05) is 12.1 Å². The molecule has 0 bridgehead atoms. The minimum Gasteiger partial charge on any atom is -0.495 e. The molecule has 0 saturated carbocycles. The van der Waals surface area contributed by atoms with Gasteiger partial charge in [-0.3, -0.25) is 0 Å². The molecule has 1 aliphatic heterocycles. The van der Waals surface area contributed by atoms with E-state index >= 15 is 0 Å². The van der Waals surface area contributed by atoms with Crippen molar-refractivity contribution in [1.29, 1.82) is 0 Å². The van der Waals surface area contributed by atoms with E-state index < -0.39 is 20.0 Å². The minimum absolute atomic E-state index is 0.0484. The molecule has 30 heavy (non-hydrogen) atoms. The lowest BCUT2D eigenvalue weighted by atomic mass is 10.2. The van der Waals surface area contributed by atoms with Crippen molar-refractivity contribution in [2.45, 2.75) is 23.6 Å². The molecule has 1 heterocycles. The average Bonchev–Trinajstić information content (AvgIpc) is 2.73. The Labute approximate surface area is 178 Å². The summed E-state index contributed by atoms with van der Waals surface area (Å²) in [5.41, 5.74) is 1.77. The number of aryl methyl sites for hydroxylation is 2. The fourth-order valence-electron chi connectivity index (χ4n) is 3.40. The van der Waals surface area contributed by atoms with E-state index in [9.17, 15) is 16.8 Å². The van der Waals surface area contributed by atoms with Crippen LogP contribution in [0.1, 0.15) is 11.1 Å². The Morgan fingerprint density at radius 1 is 0.667 bits per heavy atom. The van der Waals surface area contributed by atoms with Crippen LogP contribution < -0.4 is 9.47 Å². The Hall–Kier alpha value is -2.14. The second-order valence-electron chi connectivity index (χ2n) is 7.12. The maximum Gasteiger partial charge on any atom is 0.246 e. The monoisotopic (exact) mass is 454 g/mol. The fraction of sp³-hybridized carbons (Fsp3) is 0.400. The Morgan fingerprint density at radius 3 is 1.30 bits per heavy atom. The van der Waals surface area contributed by atoms with Gasteiger partial charge in [0, 0.05) is 26.2 Å². The average molecular weight is 455 g/mol. The minimum atomic E-state index is -3.81. The van der Waals surface area contributed by atoms with Crippen molar-refractivity contribution < 1.29 is 26.3 Å². The molecule has 0 aliphatic carbocycles. The summed E-state index contributed by atoms with van der Waals surface area (Å²) in [5, 5.41) is 0. The number of hydrogen-bond acceptors (Lipinski definition) is 6. The fourth-order valence-corrected chi connectivity index (χ4v) is 6.52. The molecule has 10 heteroatoms. The zero-order valence-corrected chi connectivity index (χ0v) is 19.1. The van der Waals surface area contributed by atoms with Crippen molar-refractivity contribution in [3.8, 4) is 11.5 Å². The van der Waals surface area contributed by atoms with Crippen molar-refractivity contribution in [2.75, 3.05) is 40.4 Å². The first kappa shape index (κ1) is 22.5. The molecular formula is C20H26N2O6S2. The predicted octanol–water partition coefficient (Wildman–Crippen LogP) is 2.02. The third kappa shape index (κ3) is 4.18. The van der Waals surface area contributed by atoms with E-state index in [1.165, 1.54) is 35.0 Å². The molecular weight excluding hydrogens is 428 g/mol. The molecule has 0 unspecified atom stereocenters. The van der Waals surface area contributed by atoms with Gasteiger partial charge in [0.1, 0.15) is 21.3 Å². The van der Waals surface area contributed by atoms with Crippen LogP contribution >= 0.6 is 0 Å². The predicted molar refractivity (Wildman–Crippen MR) is 113 cm³/mol. The van der Waals surface area contributed by atoms with Gasteiger partial charge in [-0.25, -0.2) is 16.8 Å². The normalized spacial score (nSPS) is 16.4. The van der Waals surface area contributed by atoms with Crippen LogP contribution in [0, 0.1) is 13.8 Å². The van der Waals surface area contributed by atoms with Gasteiger partial charge < -0.3 is 9.47 Å². The highest BCUT2D eigenvalue weighted by Gasteiger charge is 2.36. The summed E-state index contributed by atoms with van der Waals surface area (Å²) in [7, 11) is -4.78. The van der Waals surface area contributed by atoms with Crippen molar-refractivity contribution in [3.63, 3.8) is 0 Å². The zero-order chi connectivity index (χ0) is 22.1. The standard InChI is InChI=1S/C20H26N2O6S2/c1-15-5-7-19(17(13-15)27-3)29(23,24)21-9-11-22(12-10-21)30(25,26)20-8-6-16(2)14-18(20)28-4/h5-8,13-14H,9-12H2,1-4H3. The second-order valence-corrected chi connectivity index (χ2v) is 10.9. The number of hydrogen-bond donors (Lipinski definition) is 0. The summed E-state index contributed by atoms with van der Waals surface area (Å²) < 4.78 is 65.5. The number of piperazine rings is 1. The quantitative estimate of drug-likeness (QED) is 0.663. The van der Waals surface area contributed by atoms with Gasteiger partial charge in [-0.05, 0) is 49.2 Å². The first-order chi connectivity index (χ1) is 14.1. The van der Waals surface area contributed by atoms with Gasteiger partial charge in [0.25, 0.3) is 0 Å². The third-order valence-corrected chi connectivity index (χ3v) is 8.95. The van der Waals surface area contributed by atoms with Gasteiger partial charge in [-0.15, -0.1) is 0 Å². The molecule has 8 nitrogen and oxygen atoms in total. The van der Waals surface area contributed by atoms with Crippen LogP contribution in [0.15, 0.2) is 46.2 Å². The summed E-state index contributed by atoms with van der Waals surface area (Å²) in [6.45, 7) is 3.89. The largest absolute Gasteiger partial charge is 0.495 e. The van der Waals surface area contributed by atoms with Gasteiger partial charge in [0.2, 0.25) is 20.0 Å². The molecule has 1 fully saturated rings. The van der Waals surface area contributed by atoms with E-state index in [1.54, 1.807) is 24.3 Å². The number of ether oxygens (including phenoxy) is 2. The molecule has 2 aromatic rings. The van der Waals surface area contributed by atoms with E-state index in [1.807, 2.05) is 13.8 Å². The topological polar surface area (TPSA) is 93.2 Å². The van der Waals surface area contributed by atoms with Gasteiger partial charge in [-0.2, -0.15) is 8.61 Å². The molecule has 0 atom stereocenters. The van der Waals surface area contributed by atoms with E-state index in [0.717, 1.165) is 11.1 Å². The molecule has 0 spiro atoms. The van der Waals surface area contributed by atoms with Gasteiger partial charge in [0.05, 0.1) is 14.2 Å². The van der Waals surface area contributed by atoms with E-state index in [0.29, 0.717) is 0 Å². The maximum atomic E-state index is 13.1. The highest BCUT2D eigenvalue weighted by atomic mass is 32.2. The molecule has 0 amide bonds. The second kappa shape index (κ2) is 8.54. The summed E-state index contributed by atoms with van der Waals surface area (Å²) in [6.07, 6.45) is 0. The smallest absolute Gasteiger partial charge is 0.246 e. The van der Waals surface area contributed by atoms with Crippen LogP contribution in [-0.4, -0.2) is 65.8 Å². The Bertz CT molecular complexity index is 1050. The van der Waals surface area contributed by atoms with Crippen LogP contribution in [0.2, 0.25) is 0 Å². The lowest BCUT2D eigenvalue weighted by Gasteiger charge is -2.33. The maximum absolute atomic E-state index is 13.1. The van der Waals surface area contributed by atoms with Crippen LogP contribution in [0.3, 0.4) is 0 Å². The van der Waals surface area contributed by atoms with Crippen LogP contribution in [0.25, 0.3) is 0 Å². The van der Waals surface area contributed by atoms with E-state index in [4.69, 9.17) is 9.47 Å². The van der Waals surface area contributed by atoms with Crippen LogP contribution in [-0.2, 0) is 20.0 Å². The summed E-state index contributed by atoms with van der Waals surface area (Å²) in [5.74, 6) is 0.545. The number of benzene rings is 2. The van der Waals surface area contributed by atoms with Gasteiger partial charge >= 0.3 is 0 Å².